The number of rotatable bonds is 5. The van der Waals surface area contributed by atoms with Gasteiger partial charge in [0.15, 0.2) is 0 Å². The molecule has 0 aromatic carbocycles. The number of likely N-dealkylation sites (N-methyl/N-ethyl adjacent to an activating group) is 1. The number of carbonyl (C=O) groups excluding carboxylic acids is 1. The number of carboxylic acid groups (broad SMARTS) is 1. The molecule has 0 aliphatic carbocycles. The summed E-state index contributed by atoms with van der Waals surface area (Å²) < 4.78 is 37.6. The molecule has 0 rings (SSSR count). The predicted octanol–water partition coefficient (Wildman–Crippen LogP) is 2.56. The van der Waals surface area contributed by atoms with Crippen LogP contribution >= 0.6 is 0 Å². The number of urea groups is 1. The maximum absolute atomic E-state index is 12.5. The second-order valence-corrected chi connectivity index (χ2v) is 5.23. The molecule has 0 bridgehead atoms. The van der Waals surface area contributed by atoms with Crippen LogP contribution < -0.4 is 0 Å². The van der Waals surface area contributed by atoms with Gasteiger partial charge in [-0.15, -0.1) is 0 Å². The van der Waals surface area contributed by atoms with Gasteiger partial charge in [0.1, 0.15) is 12.1 Å². The van der Waals surface area contributed by atoms with E-state index in [2.05, 4.69) is 0 Å². The molecular weight excluding hydrogens is 277 g/mol. The van der Waals surface area contributed by atoms with Crippen LogP contribution in [0.2, 0.25) is 0 Å². The number of hydrogen-bond acceptors (Lipinski definition) is 2. The van der Waals surface area contributed by atoms with Crippen molar-refractivity contribution < 1.29 is 27.9 Å². The van der Waals surface area contributed by atoms with E-state index in [-0.39, 0.29) is 6.54 Å². The van der Waals surface area contributed by atoms with E-state index in [1.54, 1.807) is 0 Å². The number of amides is 2. The number of halogens is 3. The second kappa shape index (κ2) is 6.32. The van der Waals surface area contributed by atoms with Crippen LogP contribution in [0.1, 0.15) is 34.6 Å². The summed E-state index contributed by atoms with van der Waals surface area (Å²) in [5, 5.41) is 9.11. The van der Waals surface area contributed by atoms with Crippen LogP contribution in [0, 0.1) is 0 Å². The molecule has 0 aliphatic rings. The van der Waals surface area contributed by atoms with Crippen molar-refractivity contribution in [2.75, 3.05) is 13.1 Å². The van der Waals surface area contributed by atoms with Crippen molar-refractivity contribution in [2.45, 2.75) is 52.4 Å². The molecule has 1 N–H and O–H groups in total. The minimum Gasteiger partial charge on any atom is -0.480 e. The summed E-state index contributed by atoms with van der Waals surface area (Å²) in [6, 6.07) is -1.63. The van der Waals surface area contributed by atoms with Crippen molar-refractivity contribution in [3.05, 3.63) is 0 Å². The zero-order valence-electron chi connectivity index (χ0n) is 12.3. The molecule has 0 radical (unpaired) electrons. The van der Waals surface area contributed by atoms with Gasteiger partial charge >= 0.3 is 18.2 Å². The van der Waals surface area contributed by atoms with E-state index in [1.807, 2.05) is 0 Å². The first kappa shape index (κ1) is 18.5. The Kier molecular flexibility index (Phi) is 5.86. The van der Waals surface area contributed by atoms with E-state index in [4.69, 9.17) is 5.11 Å². The van der Waals surface area contributed by atoms with Crippen LogP contribution in [0.4, 0.5) is 18.0 Å². The molecule has 0 aromatic heterocycles. The lowest BCUT2D eigenvalue weighted by molar-refractivity contribution is -0.150. The number of alkyl halides is 3. The molecule has 0 aromatic rings. The monoisotopic (exact) mass is 298 g/mol. The van der Waals surface area contributed by atoms with Crippen molar-refractivity contribution in [1.29, 1.82) is 0 Å². The molecule has 0 atom stereocenters. The van der Waals surface area contributed by atoms with Crippen LogP contribution in [0.15, 0.2) is 0 Å². The molecule has 0 saturated carbocycles. The van der Waals surface area contributed by atoms with E-state index < -0.39 is 36.3 Å². The van der Waals surface area contributed by atoms with Crippen molar-refractivity contribution >= 4 is 12.0 Å². The highest BCUT2D eigenvalue weighted by molar-refractivity contribution is 5.85. The lowest BCUT2D eigenvalue weighted by Crippen LogP contribution is -2.59. The molecule has 118 valence electrons. The highest BCUT2D eigenvalue weighted by atomic mass is 19.4. The molecule has 0 aliphatic heterocycles. The van der Waals surface area contributed by atoms with E-state index in [9.17, 15) is 22.8 Å². The van der Waals surface area contributed by atoms with Gasteiger partial charge in [-0.3, -0.25) is 0 Å². The highest BCUT2D eigenvalue weighted by Gasteiger charge is 2.42. The fourth-order valence-corrected chi connectivity index (χ4v) is 1.70. The summed E-state index contributed by atoms with van der Waals surface area (Å²) in [6.07, 6.45) is -4.54. The van der Waals surface area contributed by atoms with Gasteiger partial charge in [-0.05, 0) is 34.6 Å². The third-order valence-electron chi connectivity index (χ3n) is 2.96. The maximum atomic E-state index is 12.5. The minimum absolute atomic E-state index is 0.000783. The lowest BCUT2D eigenvalue weighted by atomic mass is 10.0. The third kappa shape index (κ3) is 4.57. The molecule has 8 heteroatoms. The Bertz CT molecular complexity index is 367. The SMILES string of the molecule is CCN(C(=O)N(CC(F)(F)F)C(C)C)C(C)(C)C(=O)O. The quantitative estimate of drug-likeness (QED) is 0.848. The van der Waals surface area contributed by atoms with Gasteiger partial charge in [0.25, 0.3) is 0 Å². The zero-order chi connectivity index (χ0) is 16.3. The predicted molar refractivity (Wildman–Crippen MR) is 67.4 cm³/mol. The summed E-state index contributed by atoms with van der Waals surface area (Å²) in [4.78, 5) is 24.9. The molecule has 2 amide bonds. The van der Waals surface area contributed by atoms with Gasteiger partial charge in [-0.2, -0.15) is 13.2 Å². The zero-order valence-corrected chi connectivity index (χ0v) is 12.3. The number of carbonyl (C=O) groups is 2. The van der Waals surface area contributed by atoms with Gasteiger partial charge in [-0.25, -0.2) is 9.59 Å². The Labute approximate surface area is 116 Å². The normalized spacial score (nSPS) is 12.4. The van der Waals surface area contributed by atoms with Gasteiger partial charge in [0.05, 0.1) is 0 Å². The van der Waals surface area contributed by atoms with E-state index in [1.165, 1.54) is 34.6 Å². The van der Waals surface area contributed by atoms with Crippen LogP contribution in [0.3, 0.4) is 0 Å². The summed E-state index contributed by atoms with van der Waals surface area (Å²) in [6.45, 7) is 5.58. The molecule has 0 spiro atoms. The largest absolute Gasteiger partial charge is 0.480 e. The Morgan fingerprint density at radius 1 is 1.20 bits per heavy atom. The first-order chi connectivity index (χ1) is 8.84. The Balaban J connectivity index is 5.37. The minimum atomic E-state index is -4.54. The fraction of sp³-hybridized carbons (Fsp3) is 0.833. The Morgan fingerprint density at radius 3 is 1.90 bits per heavy atom. The van der Waals surface area contributed by atoms with Crippen molar-refractivity contribution in [1.82, 2.24) is 9.80 Å². The molecule has 5 nitrogen and oxygen atoms in total. The van der Waals surface area contributed by atoms with Crippen molar-refractivity contribution in [3.63, 3.8) is 0 Å². The second-order valence-electron chi connectivity index (χ2n) is 5.23. The number of carboxylic acids is 1. The van der Waals surface area contributed by atoms with Crippen LogP contribution in [-0.2, 0) is 4.79 Å². The fourth-order valence-electron chi connectivity index (χ4n) is 1.70. The van der Waals surface area contributed by atoms with E-state index in [0.29, 0.717) is 4.90 Å². The summed E-state index contributed by atoms with van der Waals surface area (Å²) in [5.74, 6) is -1.27. The smallest absolute Gasteiger partial charge is 0.406 e. The van der Waals surface area contributed by atoms with Crippen molar-refractivity contribution in [3.8, 4) is 0 Å². The Hall–Kier alpha value is -1.47. The van der Waals surface area contributed by atoms with E-state index in [0.717, 1.165) is 4.90 Å². The average Bonchev–Trinajstić information content (AvgIpc) is 2.24. The average molecular weight is 298 g/mol. The van der Waals surface area contributed by atoms with Crippen LogP contribution in [-0.4, -0.2) is 57.8 Å². The Morgan fingerprint density at radius 2 is 1.65 bits per heavy atom. The van der Waals surface area contributed by atoms with Crippen LogP contribution in [0.25, 0.3) is 0 Å². The number of nitrogens with zero attached hydrogens (tertiary/aromatic N) is 2. The summed E-state index contributed by atoms with van der Waals surface area (Å²) >= 11 is 0. The number of aliphatic carboxylic acids is 1. The standard InChI is InChI=1S/C12H21F3N2O3/c1-6-17(11(4,5)9(18)19)10(20)16(8(2)3)7-12(13,14)15/h8H,6-7H2,1-5H3,(H,18,19). The molecule has 0 unspecified atom stereocenters. The molecule has 0 heterocycles. The van der Waals surface area contributed by atoms with Gasteiger partial charge in [0, 0.05) is 12.6 Å². The molecule has 0 saturated heterocycles. The first-order valence-electron chi connectivity index (χ1n) is 6.23. The topological polar surface area (TPSA) is 60.9 Å². The van der Waals surface area contributed by atoms with Gasteiger partial charge in [-0.1, -0.05) is 0 Å². The summed E-state index contributed by atoms with van der Waals surface area (Å²) in [7, 11) is 0. The van der Waals surface area contributed by atoms with Gasteiger partial charge in [0.2, 0.25) is 0 Å². The summed E-state index contributed by atoms with van der Waals surface area (Å²) in [5.41, 5.74) is -1.58. The molecule has 0 fully saturated rings. The first-order valence-corrected chi connectivity index (χ1v) is 6.23. The third-order valence-corrected chi connectivity index (χ3v) is 2.96. The molecular formula is C12H21F3N2O3. The number of hydrogen-bond donors (Lipinski definition) is 1. The van der Waals surface area contributed by atoms with Gasteiger partial charge < -0.3 is 14.9 Å². The highest BCUT2D eigenvalue weighted by Crippen LogP contribution is 2.22. The van der Waals surface area contributed by atoms with Crippen molar-refractivity contribution in [2.24, 2.45) is 0 Å². The maximum Gasteiger partial charge on any atom is 0.406 e. The van der Waals surface area contributed by atoms with E-state index >= 15 is 0 Å². The molecule has 20 heavy (non-hydrogen) atoms. The lowest BCUT2D eigenvalue weighted by Gasteiger charge is -2.39. The van der Waals surface area contributed by atoms with Crippen LogP contribution in [0.5, 0.6) is 0 Å².